The number of benzene rings is 1. The number of hydrogen-bond donors (Lipinski definition) is 1. The van der Waals surface area contributed by atoms with E-state index in [1.807, 2.05) is 12.1 Å². The van der Waals surface area contributed by atoms with Crippen LogP contribution >= 0.6 is 15.9 Å². The Balaban J connectivity index is 2.05. The second-order valence-corrected chi connectivity index (χ2v) is 5.36. The number of nitrogens with one attached hydrogen (secondary N) is 1. The third-order valence-corrected chi connectivity index (χ3v) is 3.79. The summed E-state index contributed by atoms with van der Waals surface area (Å²) in [6.45, 7) is 4.50. The standard InChI is InChI=1S/C14H17BrFNO/c1-10(8-12-9-18-6-5-17-12)7-11-3-2-4-13(16)14(11)15/h2-4,7,12,17H,5-6,8-9H2,1H3/b10-7-. The Labute approximate surface area is 115 Å². The fourth-order valence-corrected chi connectivity index (χ4v) is 2.47. The molecular weight excluding hydrogens is 297 g/mol. The van der Waals surface area contributed by atoms with Gasteiger partial charge >= 0.3 is 0 Å². The van der Waals surface area contributed by atoms with Gasteiger partial charge in [-0.1, -0.05) is 23.8 Å². The van der Waals surface area contributed by atoms with Crippen molar-refractivity contribution in [1.82, 2.24) is 5.32 Å². The average molecular weight is 314 g/mol. The van der Waals surface area contributed by atoms with Crippen molar-refractivity contribution in [3.05, 3.63) is 39.6 Å². The zero-order valence-electron chi connectivity index (χ0n) is 10.4. The Hall–Kier alpha value is -0.710. The van der Waals surface area contributed by atoms with Gasteiger partial charge in [0.05, 0.1) is 17.7 Å². The molecule has 1 aromatic carbocycles. The van der Waals surface area contributed by atoms with Gasteiger partial charge in [-0.3, -0.25) is 0 Å². The van der Waals surface area contributed by atoms with Gasteiger partial charge in [0.25, 0.3) is 0 Å². The van der Waals surface area contributed by atoms with E-state index in [1.165, 1.54) is 11.6 Å². The molecule has 2 nitrogen and oxygen atoms in total. The first-order chi connectivity index (χ1) is 8.66. The van der Waals surface area contributed by atoms with Crippen LogP contribution in [0.15, 0.2) is 28.2 Å². The van der Waals surface area contributed by atoms with Crippen molar-refractivity contribution < 1.29 is 9.13 Å². The van der Waals surface area contributed by atoms with E-state index < -0.39 is 0 Å². The van der Waals surface area contributed by atoms with E-state index in [2.05, 4.69) is 28.2 Å². The van der Waals surface area contributed by atoms with E-state index in [9.17, 15) is 4.39 Å². The van der Waals surface area contributed by atoms with Gasteiger partial charge < -0.3 is 10.1 Å². The fraction of sp³-hybridized carbons (Fsp3) is 0.429. The van der Waals surface area contributed by atoms with Crippen molar-refractivity contribution >= 4 is 22.0 Å². The molecule has 4 heteroatoms. The van der Waals surface area contributed by atoms with Crippen LogP contribution in [0.1, 0.15) is 18.9 Å². The first-order valence-electron chi connectivity index (χ1n) is 6.09. The molecule has 1 aliphatic rings. The minimum atomic E-state index is -0.226. The molecule has 0 radical (unpaired) electrons. The van der Waals surface area contributed by atoms with Gasteiger partial charge in [-0.15, -0.1) is 0 Å². The van der Waals surface area contributed by atoms with Crippen LogP contribution in [0.5, 0.6) is 0 Å². The summed E-state index contributed by atoms with van der Waals surface area (Å²) in [7, 11) is 0. The highest BCUT2D eigenvalue weighted by Crippen LogP contribution is 2.23. The third kappa shape index (κ3) is 3.64. The monoisotopic (exact) mass is 313 g/mol. The maximum absolute atomic E-state index is 13.4. The molecule has 1 aliphatic heterocycles. The molecule has 1 N–H and O–H groups in total. The smallest absolute Gasteiger partial charge is 0.137 e. The van der Waals surface area contributed by atoms with Gasteiger partial charge in [0.15, 0.2) is 0 Å². The number of hydrogen-bond acceptors (Lipinski definition) is 2. The molecule has 1 aromatic rings. The molecule has 0 aromatic heterocycles. The summed E-state index contributed by atoms with van der Waals surface area (Å²) >= 11 is 3.27. The largest absolute Gasteiger partial charge is 0.379 e. The minimum absolute atomic E-state index is 0.226. The van der Waals surface area contributed by atoms with Crippen molar-refractivity contribution in [2.24, 2.45) is 0 Å². The molecule has 0 amide bonds. The zero-order chi connectivity index (χ0) is 13.0. The summed E-state index contributed by atoms with van der Waals surface area (Å²) in [5.41, 5.74) is 2.09. The van der Waals surface area contributed by atoms with Crippen molar-refractivity contribution in [3.8, 4) is 0 Å². The molecule has 18 heavy (non-hydrogen) atoms. The molecule has 1 atom stereocenters. The van der Waals surface area contributed by atoms with Gasteiger partial charge in [-0.2, -0.15) is 0 Å². The van der Waals surface area contributed by atoms with Crippen LogP contribution in [0, 0.1) is 5.82 Å². The molecule has 0 bridgehead atoms. The van der Waals surface area contributed by atoms with Crippen LogP contribution in [-0.2, 0) is 4.74 Å². The van der Waals surface area contributed by atoms with Crippen LogP contribution in [0.3, 0.4) is 0 Å². The predicted octanol–water partition coefficient (Wildman–Crippen LogP) is 3.37. The Morgan fingerprint density at radius 2 is 2.44 bits per heavy atom. The Morgan fingerprint density at radius 3 is 3.17 bits per heavy atom. The molecule has 98 valence electrons. The third-order valence-electron chi connectivity index (χ3n) is 2.95. The van der Waals surface area contributed by atoms with E-state index in [-0.39, 0.29) is 5.82 Å². The second kappa shape index (κ2) is 6.45. The lowest BCUT2D eigenvalue weighted by atomic mass is 10.0. The number of rotatable bonds is 3. The van der Waals surface area contributed by atoms with Crippen molar-refractivity contribution in [2.45, 2.75) is 19.4 Å². The van der Waals surface area contributed by atoms with E-state index in [0.717, 1.165) is 31.7 Å². The van der Waals surface area contributed by atoms with Gasteiger partial charge in [-0.05, 0) is 40.9 Å². The molecule has 1 saturated heterocycles. The van der Waals surface area contributed by atoms with E-state index in [4.69, 9.17) is 4.74 Å². The lowest BCUT2D eigenvalue weighted by Gasteiger charge is -2.24. The van der Waals surface area contributed by atoms with Crippen LogP contribution in [0.4, 0.5) is 4.39 Å². The van der Waals surface area contributed by atoms with E-state index in [1.54, 1.807) is 6.07 Å². The average Bonchev–Trinajstić information content (AvgIpc) is 2.36. The summed E-state index contributed by atoms with van der Waals surface area (Å²) < 4.78 is 19.3. The molecule has 2 rings (SSSR count). The molecule has 1 fully saturated rings. The topological polar surface area (TPSA) is 21.3 Å². The molecule has 1 heterocycles. The Morgan fingerprint density at radius 1 is 1.61 bits per heavy atom. The second-order valence-electron chi connectivity index (χ2n) is 4.56. The quantitative estimate of drug-likeness (QED) is 0.923. The summed E-state index contributed by atoms with van der Waals surface area (Å²) in [6.07, 6.45) is 2.94. The van der Waals surface area contributed by atoms with Crippen molar-refractivity contribution in [2.75, 3.05) is 19.8 Å². The number of ether oxygens (including phenoxy) is 1. The maximum Gasteiger partial charge on any atom is 0.137 e. The Bertz CT molecular complexity index is 441. The molecule has 1 unspecified atom stereocenters. The van der Waals surface area contributed by atoms with Crippen molar-refractivity contribution in [3.63, 3.8) is 0 Å². The van der Waals surface area contributed by atoms with E-state index in [0.29, 0.717) is 10.5 Å². The van der Waals surface area contributed by atoms with Crippen LogP contribution in [0.25, 0.3) is 6.08 Å². The van der Waals surface area contributed by atoms with Gasteiger partial charge in [0, 0.05) is 12.6 Å². The summed E-state index contributed by atoms with van der Waals surface area (Å²) in [6, 6.07) is 5.44. The first-order valence-corrected chi connectivity index (χ1v) is 6.88. The molecule has 0 aliphatic carbocycles. The molecule has 0 spiro atoms. The number of halogens is 2. The molecule has 0 saturated carbocycles. The lowest BCUT2D eigenvalue weighted by molar-refractivity contribution is 0.0771. The van der Waals surface area contributed by atoms with Gasteiger partial charge in [0.2, 0.25) is 0 Å². The fourth-order valence-electron chi connectivity index (χ4n) is 2.10. The van der Waals surface area contributed by atoms with Crippen molar-refractivity contribution in [1.29, 1.82) is 0 Å². The minimum Gasteiger partial charge on any atom is -0.379 e. The molecular formula is C14H17BrFNO. The predicted molar refractivity (Wildman–Crippen MR) is 75.0 cm³/mol. The summed E-state index contributed by atoms with van der Waals surface area (Å²) in [4.78, 5) is 0. The van der Waals surface area contributed by atoms with Crippen LogP contribution in [0.2, 0.25) is 0 Å². The zero-order valence-corrected chi connectivity index (χ0v) is 12.0. The first kappa shape index (κ1) is 13.7. The normalized spacial score (nSPS) is 21.1. The highest BCUT2D eigenvalue weighted by molar-refractivity contribution is 9.10. The maximum atomic E-state index is 13.4. The highest BCUT2D eigenvalue weighted by atomic mass is 79.9. The van der Waals surface area contributed by atoms with Crippen LogP contribution < -0.4 is 5.32 Å². The summed E-state index contributed by atoms with van der Waals surface area (Å²) in [5, 5.41) is 3.41. The SMILES string of the molecule is C/C(=C/c1cccc(F)c1Br)CC1COCCN1. The number of morpholine rings is 1. The van der Waals surface area contributed by atoms with Gasteiger partial charge in [-0.25, -0.2) is 4.39 Å². The van der Waals surface area contributed by atoms with Crippen LogP contribution in [-0.4, -0.2) is 25.8 Å². The highest BCUT2D eigenvalue weighted by Gasteiger charge is 2.13. The lowest BCUT2D eigenvalue weighted by Crippen LogP contribution is -2.41. The van der Waals surface area contributed by atoms with Gasteiger partial charge in [0.1, 0.15) is 5.82 Å². The van der Waals surface area contributed by atoms with E-state index >= 15 is 0 Å². The Kier molecular flexibility index (Phi) is 4.92. The summed E-state index contributed by atoms with van der Waals surface area (Å²) in [5.74, 6) is -0.226.